The molecule has 0 saturated heterocycles. The van der Waals surface area contributed by atoms with E-state index in [1.165, 1.54) is 6.08 Å². The summed E-state index contributed by atoms with van der Waals surface area (Å²) < 4.78 is 0. The van der Waals surface area contributed by atoms with Crippen molar-refractivity contribution in [1.82, 2.24) is 0 Å². The average molecular weight is 155 g/mol. The molecule has 62 valence electrons. The van der Waals surface area contributed by atoms with Gasteiger partial charge < -0.3 is 0 Å². The van der Waals surface area contributed by atoms with Crippen molar-refractivity contribution in [3.63, 3.8) is 0 Å². The second-order valence-electron chi connectivity index (χ2n) is 3.63. The van der Waals surface area contributed by atoms with Crippen molar-refractivity contribution in [2.24, 2.45) is 16.3 Å². The molecule has 0 aliphatic heterocycles. The number of amides is 1. The van der Waals surface area contributed by atoms with E-state index in [0.29, 0.717) is 0 Å². The van der Waals surface area contributed by atoms with Crippen LogP contribution in [0.4, 0.5) is 0 Å². The van der Waals surface area contributed by atoms with Gasteiger partial charge in [-0.05, 0) is 5.41 Å². The van der Waals surface area contributed by atoms with E-state index in [1.807, 2.05) is 20.8 Å². The van der Waals surface area contributed by atoms with Gasteiger partial charge in [-0.25, -0.2) is 4.79 Å². The van der Waals surface area contributed by atoms with Crippen LogP contribution in [0.1, 0.15) is 27.7 Å². The third-order valence-corrected chi connectivity index (χ3v) is 1.83. The van der Waals surface area contributed by atoms with Gasteiger partial charge in [0.2, 0.25) is 6.08 Å². The maximum absolute atomic E-state index is 11.0. The van der Waals surface area contributed by atoms with E-state index in [-0.39, 0.29) is 11.3 Å². The summed E-state index contributed by atoms with van der Waals surface area (Å²) in [5.41, 5.74) is -0.141. The van der Waals surface area contributed by atoms with Crippen LogP contribution in [0.3, 0.4) is 0 Å². The first-order valence-electron chi connectivity index (χ1n) is 3.51. The summed E-state index contributed by atoms with van der Waals surface area (Å²) in [6.07, 6.45) is 1.25. The summed E-state index contributed by atoms with van der Waals surface area (Å²) in [4.78, 5) is 23.7. The summed E-state index contributed by atoms with van der Waals surface area (Å²) in [5.74, 6) is -0.628. The molecule has 11 heavy (non-hydrogen) atoms. The van der Waals surface area contributed by atoms with Gasteiger partial charge in [0.25, 0.3) is 5.91 Å². The van der Waals surface area contributed by atoms with Crippen LogP contribution in [-0.4, -0.2) is 12.0 Å². The topological polar surface area (TPSA) is 46.5 Å². The molecule has 1 unspecified atom stereocenters. The molecule has 0 aromatic heterocycles. The molecule has 0 fully saturated rings. The molecule has 1 atom stereocenters. The number of rotatable bonds is 1. The van der Waals surface area contributed by atoms with Crippen molar-refractivity contribution in [3.8, 4) is 0 Å². The number of hydrogen-bond acceptors (Lipinski definition) is 2. The fraction of sp³-hybridized carbons (Fsp3) is 0.750. The molecule has 0 aliphatic rings. The van der Waals surface area contributed by atoms with Gasteiger partial charge in [-0.2, -0.15) is 0 Å². The third-order valence-electron chi connectivity index (χ3n) is 1.83. The van der Waals surface area contributed by atoms with E-state index < -0.39 is 5.91 Å². The Hall–Kier alpha value is -0.950. The van der Waals surface area contributed by atoms with Gasteiger partial charge in [-0.15, -0.1) is 4.99 Å². The highest BCUT2D eigenvalue weighted by atomic mass is 16.2. The lowest BCUT2D eigenvalue weighted by Gasteiger charge is -2.23. The van der Waals surface area contributed by atoms with E-state index in [2.05, 4.69) is 4.99 Å². The van der Waals surface area contributed by atoms with Crippen molar-refractivity contribution >= 4 is 12.0 Å². The first kappa shape index (κ1) is 10.0. The largest absolute Gasteiger partial charge is 0.271 e. The second-order valence-corrected chi connectivity index (χ2v) is 3.63. The van der Waals surface area contributed by atoms with E-state index >= 15 is 0 Å². The standard InChI is InChI=1S/C8H13NO2/c1-6(8(2,3)4)7(11)9-5-10/h6H,1-4H3. The maximum Gasteiger partial charge on any atom is 0.259 e. The van der Waals surface area contributed by atoms with Crippen LogP contribution in [0.5, 0.6) is 0 Å². The quantitative estimate of drug-likeness (QED) is 0.426. The molecule has 0 aliphatic carbocycles. The van der Waals surface area contributed by atoms with Gasteiger partial charge in [0, 0.05) is 5.92 Å². The van der Waals surface area contributed by atoms with Crippen LogP contribution >= 0.6 is 0 Å². The minimum Gasteiger partial charge on any atom is -0.271 e. The van der Waals surface area contributed by atoms with Crippen molar-refractivity contribution in [3.05, 3.63) is 0 Å². The van der Waals surface area contributed by atoms with Crippen LogP contribution in [0, 0.1) is 11.3 Å². The third kappa shape index (κ3) is 3.10. The first-order chi connectivity index (χ1) is 4.89. The summed E-state index contributed by atoms with van der Waals surface area (Å²) in [7, 11) is 0. The van der Waals surface area contributed by atoms with Crippen molar-refractivity contribution in [2.75, 3.05) is 0 Å². The molecule has 3 nitrogen and oxygen atoms in total. The van der Waals surface area contributed by atoms with E-state index in [9.17, 15) is 9.59 Å². The lowest BCUT2D eigenvalue weighted by molar-refractivity contribution is -0.123. The minimum absolute atomic E-state index is 0.141. The van der Waals surface area contributed by atoms with Gasteiger partial charge in [0.15, 0.2) is 0 Å². The van der Waals surface area contributed by atoms with Gasteiger partial charge in [0.1, 0.15) is 0 Å². The van der Waals surface area contributed by atoms with Crippen molar-refractivity contribution < 1.29 is 9.59 Å². The molecule has 0 saturated carbocycles. The molecular weight excluding hydrogens is 142 g/mol. The highest BCUT2D eigenvalue weighted by molar-refractivity contribution is 5.83. The molecule has 0 heterocycles. The summed E-state index contributed by atoms with van der Waals surface area (Å²) in [6, 6.07) is 0. The highest BCUT2D eigenvalue weighted by Gasteiger charge is 2.26. The summed E-state index contributed by atoms with van der Waals surface area (Å²) >= 11 is 0. The Kier molecular flexibility index (Phi) is 3.15. The lowest BCUT2D eigenvalue weighted by atomic mass is 9.82. The molecule has 0 bridgehead atoms. The molecule has 1 amide bonds. The normalized spacial score (nSPS) is 13.5. The zero-order chi connectivity index (χ0) is 9.07. The Bertz CT molecular complexity index is 197. The number of carbonyl (C=O) groups excluding carboxylic acids is 2. The highest BCUT2D eigenvalue weighted by Crippen LogP contribution is 2.25. The molecule has 0 spiro atoms. The first-order valence-corrected chi connectivity index (χ1v) is 3.51. The number of carbonyl (C=O) groups is 1. The molecule has 0 rings (SSSR count). The molecule has 0 aromatic carbocycles. The molecular formula is C8H13NO2. The lowest BCUT2D eigenvalue weighted by Crippen LogP contribution is -2.24. The molecule has 0 aromatic rings. The summed E-state index contributed by atoms with van der Waals surface area (Å²) in [5, 5.41) is 0. The van der Waals surface area contributed by atoms with Crippen molar-refractivity contribution in [1.29, 1.82) is 0 Å². The molecule has 0 N–H and O–H groups in total. The van der Waals surface area contributed by atoms with E-state index in [4.69, 9.17) is 0 Å². The second kappa shape index (κ2) is 3.44. The van der Waals surface area contributed by atoms with Crippen LogP contribution < -0.4 is 0 Å². The average Bonchev–Trinajstić information content (AvgIpc) is 1.85. The Labute approximate surface area is 66.5 Å². The zero-order valence-electron chi connectivity index (χ0n) is 7.34. The van der Waals surface area contributed by atoms with Gasteiger partial charge in [-0.1, -0.05) is 27.7 Å². The van der Waals surface area contributed by atoms with Crippen LogP contribution in [-0.2, 0) is 9.59 Å². The number of aliphatic imine (C=N–C) groups is 1. The predicted octanol–water partition coefficient (Wildman–Crippen LogP) is 1.53. The van der Waals surface area contributed by atoms with Crippen LogP contribution in [0.15, 0.2) is 4.99 Å². The molecule has 3 heteroatoms. The number of isocyanates is 1. The van der Waals surface area contributed by atoms with Crippen LogP contribution in [0.25, 0.3) is 0 Å². The van der Waals surface area contributed by atoms with Crippen molar-refractivity contribution in [2.45, 2.75) is 27.7 Å². The fourth-order valence-electron chi connectivity index (χ4n) is 0.512. The monoisotopic (exact) mass is 155 g/mol. The van der Waals surface area contributed by atoms with Gasteiger partial charge in [-0.3, -0.25) is 4.79 Å². The Morgan fingerprint density at radius 3 is 2.18 bits per heavy atom. The predicted molar refractivity (Wildman–Crippen MR) is 41.7 cm³/mol. The van der Waals surface area contributed by atoms with Gasteiger partial charge >= 0.3 is 0 Å². The number of hydrogen-bond donors (Lipinski definition) is 0. The Morgan fingerprint density at radius 1 is 1.45 bits per heavy atom. The maximum atomic E-state index is 11.0. The minimum atomic E-state index is -0.396. The van der Waals surface area contributed by atoms with E-state index in [1.54, 1.807) is 6.92 Å². The zero-order valence-corrected chi connectivity index (χ0v) is 7.34. The van der Waals surface area contributed by atoms with Gasteiger partial charge in [0.05, 0.1) is 0 Å². The SMILES string of the molecule is CC(C(=O)N=C=O)C(C)(C)C. The Balaban J connectivity index is 4.37. The Morgan fingerprint density at radius 2 is 1.91 bits per heavy atom. The number of nitrogens with zero attached hydrogens (tertiary/aromatic N) is 1. The smallest absolute Gasteiger partial charge is 0.259 e. The summed E-state index contributed by atoms with van der Waals surface area (Å²) in [6.45, 7) is 7.53. The fourth-order valence-corrected chi connectivity index (χ4v) is 0.512. The molecule has 0 radical (unpaired) electrons. The van der Waals surface area contributed by atoms with Crippen LogP contribution in [0.2, 0.25) is 0 Å². The van der Waals surface area contributed by atoms with E-state index in [0.717, 1.165) is 0 Å².